The fourth-order valence-corrected chi connectivity index (χ4v) is 4.50. The topological polar surface area (TPSA) is 222 Å². The van der Waals surface area contributed by atoms with Gasteiger partial charge in [-0.2, -0.15) is 0 Å². The Bertz CT molecular complexity index is 1840. The summed E-state index contributed by atoms with van der Waals surface area (Å²) in [7, 11) is 0. The number of ether oxygens (including phenoxy) is 8. The van der Waals surface area contributed by atoms with Gasteiger partial charge in [0.2, 0.25) is 11.6 Å². The van der Waals surface area contributed by atoms with Gasteiger partial charge in [0.1, 0.15) is 11.1 Å². The van der Waals surface area contributed by atoms with Gasteiger partial charge in [-0.05, 0) is 52.0 Å². The molecule has 4 heterocycles. The molecule has 4 aliphatic heterocycles. The minimum Gasteiger partial charge on any atom is -0.571 e. The molecule has 0 amide bonds. The van der Waals surface area contributed by atoms with Crippen molar-refractivity contribution in [1.82, 2.24) is 0 Å². The lowest BCUT2D eigenvalue weighted by atomic mass is 10.0. The van der Waals surface area contributed by atoms with Gasteiger partial charge in [0.05, 0.1) is 23.0 Å². The highest BCUT2D eigenvalue weighted by molar-refractivity contribution is 6.16. The van der Waals surface area contributed by atoms with Crippen LogP contribution in [-0.4, -0.2) is 59.0 Å². The molecular formula is C36H36O16-2. The van der Waals surface area contributed by atoms with Crippen LogP contribution in [-0.2, 0) is 66.7 Å². The third-order valence-electron chi connectivity index (χ3n) is 8.10. The molecule has 16 nitrogen and oxygen atoms in total. The predicted molar refractivity (Wildman–Crippen MR) is 169 cm³/mol. The van der Waals surface area contributed by atoms with Crippen LogP contribution in [0.3, 0.4) is 0 Å². The molecule has 2 saturated heterocycles. The first-order valence-corrected chi connectivity index (χ1v) is 15.7. The molecule has 0 saturated carbocycles. The average Bonchev–Trinajstić information content (AvgIpc) is 2.98. The van der Waals surface area contributed by atoms with Crippen LogP contribution in [0, 0.1) is 5.92 Å². The van der Waals surface area contributed by atoms with E-state index >= 15 is 0 Å². The first-order chi connectivity index (χ1) is 24.0. The molecule has 0 N–H and O–H groups in total. The van der Waals surface area contributed by atoms with Crippen LogP contribution in [0.4, 0.5) is 0 Å². The summed E-state index contributed by atoms with van der Waals surface area (Å²) in [4.78, 5) is 74.9. The van der Waals surface area contributed by atoms with E-state index in [0.717, 1.165) is 32.1 Å². The lowest BCUT2D eigenvalue weighted by molar-refractivity contribution is -0.464. The third-order valence-corrected chi connectivity index (χ3v) is 8.10. The second-order valence-corrected chi connectivity index (χ2v) is 13.1. The molecular weight excluding hydrogens is 688 g/mol. The first-order valence-electron chi connectivity index (χ1n) is 15.7. The number of carbonyl (C=O) groups is 6. The van der Waals surface area contributed by atoms with Crippen molar-refractivity contribution in [2.24, 2.45) is 5.92 Å². The molecule has 0 aromatic carbocycles. The Morgan fingerprint density at radius 2 is 0.885 bits per heavy atom. The molecule has 0 aliphatic carbocycles. The summed E-state index contributed by atoms with van der Waals surface area (Å²) in [5, 5.41) is 25.9. The molecule has 4 aliphatic rings. The van der Waals surface area contributed by atoms with Gasteiger partial charge in [-0.1, -0.05) is 49.3 Å². The van der Waals surface area contributed by atoms with Gasteiger partial charge >= 0.3 is 35.8 Å². The zero-order valence-electron chi connectivity index (χ0n) is 29.7. The number of cyclic esters (lactones) is 6. The number of rotatable bonds is 8. The number of hydrogen-bond acceptors (Lipinski definition) is 16. The summed E-state index contributed by atoms with van der Waals surface area (Å²) in [6.07, 6.45) is 9.70. The van der Waals surface area contributed by atoms with Crippen molar-refractivity contribution in [3.8, 4) is 0 Å². The van der Waals surface area contributed by atoms with E-state index in [1.54, 1.807) is 13.8 Å². The van der Waals surface area contributed by atoms with Crippen LogP contribution in [0.15, 0.2) is 93.9 Å². The van der Waals surface area contributed by atoms with Crippen molar-refractivity contribution >= 4 is 35.8 Å². The Labute approximate surface area is 297 Å². The maximum atomic E-state index is 12.9. The number of esters is 6. The SMILES string of the molecule is CC(C=CC1=C([O-])OC(C)(C2(C)OC(=O)C(/C=C/C(C)=C/C=C3C(=O)OC(C)(C(C)C)OC3=O)=C([O-])O2)OC1=O)=CC=C1C(=O)OC(C)(C)OC1=O. The highest BCUT2D eigenvalue weighted by atomic mass is 16.8. The van der Waals surface area contributed by atoms with E-state index in [4.69, 9.17) is 37.9 Å². The number of hydrogen-bond donors (Lipinski definition) is 0. The molecule has 0 aromatic heterocycles. The Balaban J connectivity index is 1.47. The van der Waals surface area contributed by atoms with Crippen molar-refractivity contribution in [2.75, 3.05) is 0 Å². The fourth-order valence-electron chi connectivity index (χ4n) is 4.50. The monoisotopic (exact) mass is 724 g/mol. The zero-order chi connectivity index (χ0) is 39.0. The molecule has 16 heteroatoms. The second kappa shape index (κ2) is 13.9. The van der Waals surface area contributed by atoms with E-state index in [2.05, 4.69) is 0 Å². The predicted octanol–water partition coefficient (Wildman–Crippen LogP) is 1.88. The van der Waals surface area contributed by atoms with Crippen LogP contribution in [0.1, 0.15) is 62.3 Å². The van der Waals surface area contributed by atoms with Crippen molar-refractivity contribution in [1.29, 1.82) is 0 Å². The molecule has 2 fully saturated rings. The smallest absolute Gasteiger partial charge is 0.348 e. The lowest BCUT2D eigenvalue weighted by Gasteiger charge is -2.55. The summed E-state index contributed by atoms with van der Waals surface area (Å²) < 4.78 is 41.8. The second-order valence-electron chi connectivity index (χ2n) is 13.1. The zero-order valence-corrected chi connectivity index (χ0v) is 29.7. The molecule has 2 atom stereocenters. The van der Waals surface area contributed by atoms with Crippen LogP contribution in [0.5, 0.6) is 0 Å². The van der Waals surface area contributed by atoms with E-state index in [-0.39, 0.29) is 17.1 Å². The van der Waals surface area contributed by atoms with Crippen LogP contribution in [0.25, 0.3) is 0 Å². The quantitative estimate of drug-likeness (QED) is 0.115. The molecule has 4 rings (SSSR count). The van der Waals surface area contributed by atoms with E-state index in [1.165, 1.54) is 65.0 Å². The van der Waals surface area contributed by atoms with Crippen LogP contribution >= 0.6 is 0 Å². The molecule has 278 valence electrons. The third kappa shape index (κ3) is 7.95. The average molecular weight is 725 g/mol. The Kier molecular flexibility index (Phi) is 10.4. The maximum absolute atomic E-state index is 12.9. The van der Waals surface area contributed by atoms with E-state index in [9.17, 15) is 39.0 Å². The largest absolute Gasteiger partial charge is 0.571 e. The summed E-state index contributed by atoms with van der Waals surface area (Å²) >= 11 is 0. The minimum absolute atomic E-state index is 0.298. The minimum atomic E-state index is -2.42. The van der Waals surface area contributed by atoms with Crippen molar-refractivity contribution < 1.29 is 76.9 Å². The normalized spacial score (nSPS) is 28.6. The standard InChI is InChI=1S/C36H38O16/c1-18(2)34(7)47-27(39)22(28(40)48-34)15-11-20(4)13-17-24-31(43)51-36(9,52-32(24)44)35(8)49-29(41)23(30(42)50-35)16-12-19(3)10-14-21-25(37)45-33(5,6)46-26(21)38/h10-18,41,43H,1-9H3/p-2/b16-12?,17-13+,19-10?,20-11+,22-15?. The molecule has 0 aromatic rings. The molecule has 52 heavy (non-hydrogen) atoms. The molecule has 0 spiro atoms. The summed E-state index contributed by atoms with van der Waals surface area (Å²) in [5.41, 5.74) is -1.16. The van der Waals surface area contributed by atoms with Gasteiger partial charge in [-0.3, -0.25) is 0 Å². The Morgan fingerprint density at radius 1 is 0.538 bits per heavy atom. The molecule has 2 unspecified atom stereocenters. The summed E-state index contributed by atoms with van der Waals surface area (Å²) in [6, 6.07) is 0. The van der Waals surface area contributed by atoms with Gasteiger partial charge < -0.3 is 48.1 Å². The van der Waals surface area contributed by atoms with E-state index in [0.29, 0.717) is 11.1 Å². The van der Waals surface area contributed by atoms with E-state index in [1.807, 2.05) is 0 Å². The van der Waals surface area contributed by atoms with Gasteiger partial charge in [-0.15, -0.1) is 0 Å². The first kappa shape index (κ1) is 38.7. The van der Waals surface area contributed by atoms with Gasteiger partial charge in [0.15, 0.2) is 0 Å². The van der Waals surface area contributed by atoms with Gasteiger partial charge in [0, 0.05) is 26.7 Å². The Morgan fingerprint density at radius 3 is 1.21 bits per heavy atom. The van der Waals surface area contributed by atoms with Crippen molar-refractivity contribution in [3.05, 3.63) is 93.9 Å². The van der Waals surface area contributed by atoms with Crippen LogP contribution < -0.4 is 10.2 Å². The van der Waals surface area contributed by atoms with Crippen LogP contribution in [0.2, 0.25) is 0 Å². The summed E-state index contributed by atoms with van der Waals surface area (Å²) in [6.45, 7) is 12.9. The lowest BCUT2D eigenvalue weighted by Crippen LogP contribution is -2.62. The van der Waals surface area contributed by atoms with Crippen molar-refractivity contribution in [2.45, 2.75) is 85.5 Å². The van der Waals surface area contributed by atoms with Gasteiger partial charge in [-0.25, -0.2) is 28.8 Å². The fraction of sp³-hybridized carbons (Fsp3) is 0.389. The molecule has 0 radical (unpaired) electrons. The Hall–Kier alpha value is -6.06. The summed E-state index contributed by atoms with van der Waals surface area (Å²) in [5.74, 6) is -16.3. The molecule has 0 bridgehead atoms. The highest BCUT2D eigenvalue weighted by Gasteiger charge is 2.52. The maximum Gasteiger partial charge on any atom is 0.348 e. The highest BCUT2D eigenvalue weighted by Crippen LogP contribution is 2.41. The van der Waals surface area contributed by atoms with E-state index < -0.39 is 82.0 Å². The number of carbonyl (C=O) groups excluding carboxylic acids is 6. The van der Waals surface area contributed by atoms with Crippen molar-refractivity contribution in [3.63, 3.8) is 0 Å². The number of allylic oxidation sites excluding steroid dienone is 8. The van der Waals surface area contributed by atoms with Gasteiger partial charge in [0.25, 0.3) is 11.6 Å².